The minimum absolute atomic E-state index is 0.236. The van der Waals surface area contributed by atoms with Crippen molar-refractivity contribution in [2.45, 2.75) is 6.42 Å². The molecular formula is C13H16N4O. The van der Waals surface area contributed by atoms with Crippen molar-refractivity contribution in [3.8, 4) is 0 Å². The van der Waals surface area contributed by atoms with Crippen molar-refractivity contribution in [3.05, 3.63) is 36.5 Å². The average molecular weight is 244 g/mol. The molecule has 0 spiro atoms. The van der Waals surface area contributed by atoms with Gasteiger partial charge in [-0.15, -0.1) is 0 Å². The lowest BCUT2D eigenvalue weighted by Gasteiger charge is -2.20. The van der Waals surface area contributed by atoms with Gasteiger partial charge in [0.15, 0.2) is 0 Å². The van der Waals surface area contributed by atoms with Crippen molar-refractivity contribution in [3.63, 3.8) is 0 Å². The highest BCUT2D eigenvalue weighted by Gasteiger charge is 2.06. The van der Waals surface area contributed by atoms with E-state index >= 15 is 0 Å². The van der Waals surface area contributed by atoms with Gasteiger partial charge in [0.1, 0.15) is 5.84 Å². The lowest BCUT2D eigenvalue weighted by molar-refractivity contribution is 0.317. The molecule has 1 aromatic heterocycles. The summed E-state index contributed by atoms with van der Waals surface area (Å²) in [5.41, 5.74) is 7.53. The molecule has 1 heterocycles. The van der Waals surface area contributed by atoms with Gasteiger partial charge in [0.05, 0.1) is 5.52 Å². The molecule has 0 saturated heterocycles. The van der Waals surface area contributed by atoms with Gasteiger partial charge in [0, 0.05) is 37.3 Å². The minimum atomic E-state index is 0.236. The summed E-state index contributed by atoms with van der Waals surface area (Å²) in [6.07, 6.45) is 2.31. The summed E-state index contributed by atoms with van der Waals surface area (Å²) in [6, 6.07) is 9.95. The second-order valence-corrected chi connectivity index (χ2v) is 4.11. The molecule has 5 heteroatoms. The number of pyridine rings is 1. The number of benzene rings is 1. The van der Waals surface area contributed by atoms with Gasteiger partial charge < -0.3 is 15.8 Å². The molecule has 0 saturated carbocycles. The number of rotatable bonds is 4. The predicted octanol–water partition coefficient (Wildman–Crippen LogP) is 1.81. The Kier molecular flexibility index (Phi) is 3.62. The van der Waals surface area contributed by atoms with Crippen LogP contribution in [0.2, 0.25) is 0 Å². The number of nitrogens with two attached hydrogens (primary N) is 1. The Balaban J connectivity index is 2.25. The number of para-hydroxylation sites is 1. The van der Waals surface area contributed by atoms with Crippen molar-refractivity contribution >= 4 is 22.4 Å². The quantitative estimate of drug-likeness (QED) is 0.372. The number of hydrogen-bond donors (Lipinski definition) is 2. The molecule has 0 fully saturated rings. The van der Waals surface area contributed by atoms with E-state index < -0.39 is 0 Å². The molecule has 0 aliphatic heterocycles. The number of nitrogens with zero attached hydrogens (tertiary/aromatic N) is 3. The third-order valence-corrected chi connectivity index (χ3v) is 2.87. The van der Waals surface area contributed by atoms with Crippen LogP contribution in [0.15, 0.2) is 41.7 Å². The van der Waals surface area contributed by atoms with Crippen LogP contribution < -0.4 is 10.6 Å². The molecule has 0 radical (unpaired) electrons. The molecule has 1 aromatic carbocycles. The monoisotopic (exact) mass is 244 g/mol. The van der Waals surface area contributed by atoms with Crippen LogP contribution in [0.4, 0.5) is 5.69 Å². The smallest absolute Gasteiger partial charge is 0.140 e. The van der Waals surface area contributed by atoms with Gasteiger partial charge in [-0.25, -0.2) is 0 Å². The van der Waals surface area contributed by atoms with E-state index in [1.165, 1.54) is 0 Å². The summed E-state index contributed by atoms with van der Waals surface area (Å²) < 4.78 is 0. The molecule has 18 heavy (non-hydrogen) atoms. The van der Waals surface area contributed by atoms with E-state index in [0.29, 0.717) is 13.0 Å². The van der Waals surface area contributed by atoms with E-state index in [1.807, 2.05) is 37.4 Å². The molecule has 0 aliphatic rings. The van der Waals surface area contributed by atoms with E-state index in [4.69, 9.17) is 10.9 Å². The maximum atomic E-state index is 8.52. The SMILES string of the molecule is CN(CCC(N)=NO)c1ccnc2ccccc12. The van der Waals surface area contributed by atoms with Gasteiger partial charge in [-0.1, -0.05) is 23.4 Å². The van der Waals surface area contributed by atoms with Gasteiger partial charge >= 0.3 is 0 Å². The van der Waals surface area contributed by atoms with Crippen LogP contribution in [0.25, 0.3) is 10.9 Å². The molecular weight excluding hydrogens is 228 g/mol. The maximum Gasteiger partial charge on any atom is 0.140 e. The van der Waals surface area contributed by atoms with Crippen molar-refractivity contribution < 1.29 is 5.21 Å². The van der Waals surface area contributed by atoms with Crippen molar-refractivity contribution in [1.29, 1.82) is 0 Å². The first-order valence-corrected chi connectivity index (χ1v) is 5.73. The Labute approximate surface area is 106 Å². The molecule has 0 atom stereocenters. The third kappa shape index (κ3) is 2.51. The predicted molar refractivity (Wildman–Crippen MR) is 73.0 cm³/mol. The van der Waals surface area contributed by atoms with Crippen molar-refractivity contribution in [2.75, 3.05) is 18.5 Å². The number of fused-ring (bicyclic) bond motifs is 1. The van der Waals surface area contributed by atoms with Crippen LogP contribution in [0, 0.1) is 0 Å². The first-order chi connectivity index (χ1) is 8.72. The van der Waals surface area contributed by atoms with Crippen LogP contribution in [-0.2, 0) is 0 Å². The zero-order valence-corrected chi connectivity index (χ0v) is 10.2. The second-order valence-electron chi connectivity index (χ2n) is 4.11. The lowest BCUT2D eigenvalue weighted by atomic mass is 10.1. The van der Waals surface area contributed by atoms with E-state index in [2.05, 4.69) is 15.0 Å². The highest BCUT2D eigenvalue weighted by atomic mass is 16.4. The summed E-state index contributed by atoms with van der Waals surface area (Å²) in [5, 5.41) is 12.6. The van der Waals surface area contributed by atoms with E-state index in [9.17, 15) is 0 Å². The van der Waals surface area contributed by atoms with E-state index in [-0.39, 0.29) is 5.84 Å². The third-order valence-electron chi connectivity index (χ3n) is 2.87. The Morgan fingerprint density at radius 3 is 2.94 bits per heavy atom. The number of oxime groups is 1. The van der Waals surface area contributed by atoms with E-state index in [1.54, 1.807) is 6.20 Å². The van der Waals surface area contributed by atoms with Crippen LogP contribution in [0.3, 0.4) is 0 Å². The standard InChI is InChI=1S/C13H16N4O/c1-17(9-7-13(14)16-18)12-6-8-15-11-5-3-2-4-10(11)12/h2-6,8,18H,7,9H2,1H3,(H2,14,16). The van der Waals surface area contributed by atoms with Crippen molar-refractivity contribution in [2.24, 2.45) is 10.9 Å². The van der Waals surface area contributed by atoms with E-state index in [0.717, 1.165) is 16.6 Å². The fraction of sp³-hybridized carbons (Fsp3) is 0.231. The number of hydrogen-bond acceptors (Lipinski definition) is 4. The fourth-order valence-electron chi connectivity index (χ4n) is 1.87. The first kappa shape index (κ1) is 12.2. The Hall–Kier alpha value is -2.30. The van der Waals surface area contributed by atoms with Crippen LogP contribution in [-0.4, -0.2) is 29.6 Å². The molecule has 0 bridgehead atoms. The number of aromatic nitrogens is 1. The minimum Gasteiger partial charge on any atom is -0.409 e. The molecule has 0 aliphatic carbocycles. The van der Waals surface area contributed by atoms with Gasteiger partial charge in [-0.3, -0.25) is 4.98 Å². The van der Waals surface area contributed by atoms with Crippen LogP contribution in [0.5, 0.6) is 0 Å². The number of anilines is 1. The Morgan fingerprint density at radius 1 is 1.39 bits per heavy atom. The molecule has 5 nitrogen and oxygen atoms in total. The molecule has 0 unspecified atom stereocenters. The van der Waals surface area contributed by atoms with Gasteiger partial charge in [-0.05, 0) is 12.1 Å². The Morgan fingerprint density at radius 2 is 2.17 bits per heavy atom. The second kappa shape index (κ2) is 5.35. The lowest BCUT2D eigenvalue weighted by Crippen LogP contribution is -2.24. The summed E-state index contributed by atoms with van der Waals surface area (Å²) in [6.45, 7) is 0.684. The Bertz CT molecular complexity index is 562. The zero-order valence-electron chi connectivity index (χ0n) is 10.2. The molecule has 3 N–H and O–H groups in total. The highest BCUT2D eigenvalue weighted by molar-refractivity contribution is 5.91. The number of amidine groups is 1. The maximum absolute atomic E-state index is 8.52. The largest absolute Gasteiger partial charge is 0.409 e. The summed E-state index contributed by atoms with van der Waals surface area (Å²) >= 11 is 0. The van der Waals surface area contributed by atoms with Crippen LogP contribution >= 0.6 is 0 Å². The summed E-state index contributed by atoms with van der Waals surface area (Å²) in [4.78, 5) is 6.39. The highest BCUT2D eigenvalue weighted by Crippen LogP contribution is 2.23. The van der Waals surface area contributed by atoms with Crippen LogP contribution in [0.1, 0.15) is 6.42 Å². The molecule has 2 aromatic rings. The summed E-state index contributed by atoms with van der Waals surface area (Å²) in [5.74, 6) is 0.236. The van der Waals surface area contributed by atoms with Gasteiger partial charge in [0.25, 0.3) is 0 Å². The fourth-order valence-corrected chi connectivity index (χ4v) is 1.87. The first-order valence-electron chi connectivity index (χ1n) is 5.73. The molecule has 94 valence electrons. The van der Waals surface area contributed by atoms with Gasteiger partial charge in [0.2, 0.25) is 0 Å². The topological polar surface area (TPSA) is 74.7 Å². The van der Waals surface area contributed by atoms with Gasteiger partial charge in [-0.2, -0.15) is 0 Å². The average Bonchev–Trinajstić information content (AvgIpc) is 2.43. The molecule has 2 rings (SSSR count). The molecule has 0 amide bonds. The summed E-state index contributed by atoms with van der Waals surface area (Å²) in [7, 11) is 1.98. The van der Waals surface area contributed by atoms with Crippen molar-refractivity contribution in [1.82, 2.24) is 4.98 Å². The normalized spacial score (nSPS) is 11.7. The zero-order chi connectivity index (χ0) is 13.0.